The van der Waals surface area contributed by atoms with Crippen LogP contribution >= 0.6 is 0 Å². The zero-order valence-corrected chi connectivity index (χ0v) is 15.4. The average Bonchev–Trinajstić information content (AvgIpc) is 3.10. The zero-order chi connectivity index (χ0) is 18.2. The van der Waals surface area contributed by atoms with Gasteiger partial charge < -0.3 is 10.2 Å². The lowest BCUT2D eigenvalue weighted by Crippen LogP contribution is -2.40. The number of anilines is 1. The Labute approximate surface area is 154 Å². The van der Waals surface area contributed by atoms with Crippen molar-refractivity contribution in [2.75, 3.05) is 31.5 Å². The Morgan fingerprint density at radius 3 is 2.77 bits per heavy atom. The van der Waals surface area contributed by atoms with Crippen molar-refractivity contribution < 1.29 is 4.79 Å². The van der Waals surface area contributed by atoms with Crippen LogP contribution in [0.2, 0.25) is 0 Å². The van der Waals surface area contributed by atoms with Crippen LogP contribution in [0.3, 0.4) is 0 Å². The standard InChI is InChI=1S/C19H28N6O/c1-2-6-17-21-18(24-23-17)22-19(26)20-11-14-25-12-9-16(10-13-25)15-7-4-3-5-8-15/h3-5,7-8,16H,2,6,9-14H2,1H3,(H3,20,21,22,23,24,26). The van der Waals surface area contributed by atoms with Gasteiger partial charge in [0.25, 0.3) is 0 Å². The Morgan fingerprint density at radius 2 is 2.04 bits per heavy atom. The molecule has 0 saturated carbocycles. The van der Waals surface area contributed by atoms with Crippen LogP contribution < -0.4 is 10.6 Å². The SMILES string of the molecule is CCCc1nc(NC(=O)NCCN2CCC(c3ccccc3)CC2)n[nH]1. The van der Waals surface area contributed by atoms with E-state index < -0.39 is 0 Å². The minimum atomic E-state index is -0.258. The van der Waals surface area contributed by atoms with Gasteiger partial charge in [-0.25, -0.2) is 4.79 Å². The summed E-state index contributed by atoms with van der Waals surface area (Å²) in [6.07, 6.45) is 4.16. The van der Waals surface area contributed by atoms with Gasteiger partial charge in [0.05, 0.1) is 0 Å². The monoisotopic (exact) mass is 356 g/mol. The number of aryl methyl sites for hydroxylation is 1. The smallest absolute Gasteiger partial charge is 0.321 e. The normalized spacial score (nSPS) is 15.7. The number of benzene rings is 1. The van der Waals surface area contributed by atoms with Crippen LogP contribution in [0.1, 0.15) is 43.5 Å². The van der Waals surface area contributed by atoms with Crippen LogP contribution in [0, 0.1) is 0 Å². The number of amides is 2. The van der Waals surface area contributed by atoms with E-state index >= 15 is 0 Å². The number of urea groups is 1. The van der Waals surface area contributed by atoms with Crippen LogP contribution in [0.15, 0.2) is 30.3 Å². The zero-order valence-electron chi connectivity index (χ0n) is 15.4. The second kappa shape index (κ2) is 9.33. The highest BCUT2D eigenvalue weighted by Crippen LogP contribution is 2.27. The van der Waals surface area contributed by atoms with Crippen molar-refractivity contribution in [2.24, 2.45) is 0 Å². The van der Waals surface area contributed by atoms with Crippen molar-refractivity contribution in [3.8, 4) is 0 Å². The maximum atomic E-state index is 11.9. The highest BCUT2D eigenvalue weighted by Gasteiger charge is 2.20. The van der Waals surface area contributed by atoms with E-state index in [-0.39, 0.29) is 6.03 Å². The fourth-order valence-corrected chi connectivity index (χ4v) is 3.39. The maximum Gasteiger partial charge on any atom is 0.321 e. The number of hydrogen-bond acceptors (Lipinski definition) is 4. The summed E-state index contributed by atoms with van der Waals surface area (Å²) in [7, 11) is 0. The van der Waals surface area contributed by atoms with Gasteiger partial charge in [-0.1, -0.05) is 37.3 Å². The van der Waals surface area contributed by atoms with Gasteiger partial charge in [-0.2, -0.15) is 4.98 Å². The number of H-pyrrole nitrogens is 1. The van der Waals surface area contributed by atoms with Crippen LogP contribution in [0.5, 0.6) is 0 Å². The van der Waals surface area contributed by atoms with E-state index in [0.29, 0.717) is 18.4 Å². The Bertz CT molecular complexity index is 678. The molecule has 1 aromatic carbocycles. The molecule has 140 valence electrons. The minimum absolute atomic E-state index is 0.258. The van der Waals surface area contributed by atoms with E-state index in [9.17, 15) is 4.79 Å². The van der Waals surface area contributed by atoms with E-state index in [1.807, 2.05) is 0 Å². The second-order valence-corrected chi connectivity index (χ2v) is 6.76. The molecule has 0 bridgehead atoms. The molecular weight excluding hydrogens is 328 g/mol. The fourth-order valence-electron chi connectivity index (χ4n) is 3.39. The quantitative estimate of drug-likeness (QED) is 0.712. The summed E-state index contributed by atoms with van der Waals surface area (Å²) in [6, 6.07) is 10.5. The molecule has 3 N–H and O–H groups in total. The topological polar surface area (TPSA) is 85.9 Å². The predicted molar refractivity (Wildman–Crippen MR) is 102 cm³/mol. The van der Waals surface area contributed by atoms with Gasteiger partial charge in [-0.05, 0) is 43.8 Å². The summed E-state index contributed by atoms with van der Waals surface area (Å²) in [4.78, 5) is 18.6. The molecule has 26 heavy (non-hydrogen) atoms. The van der Waals surface area contributed by atoms with Crippen molar-refractivity contribution in [1.82, 2.24) is 25.4 Å². The molecule has 0 radical (unpaired) electrons. The Balaban J connectivity index is 1.33. The van der Waals surface area contributed by atoms with Crippen molar-refractivity contribution in [3.63, 3.8) is 0 Å². The first-order chi connectivity index (χ1) is 12.7. The number of aromatic amines is 1. The van der Waals surface area contributed by atoms with Gasteiger partial charge in [-0.3, -0.25) is 10.4 Å². The number of piperidine rings is 1. The number of likely N-dealkylation sites (tertiary alicyclic amines) is 1. The Hall–Kier alpha value is -2.41. The average molecular weight is 356 g/mol. The number of hydrogen-bond donors (Lipinski definition) is 3. The largest absolute Gasteiger partial charge is 0.337 e. The predicted octanol–water partition coefficient (Wildman–Crippen LogP) is 2.76. The molecule has 2 heterocycles. The second-order valence-electron chi connectivity index (χ2n) is 6.76. The first kappa shape index (κ1) is 18.4. The minimum Gasteiger partial charge on any atom is -0.337 e. The molecular formula is C19H28N6O. The molecule has 0 aliphatic carbocycles. The van der Waals surface area contributed by atoms with Crippen molar-refractivity contribution in [2.45, 2.75) is 38.5 Å². The van der Waals surface area contributed by atoms with Crippen LogP contribution in [-0.2, 0) is 6.42 Å². The van der Waals surface area contributed by atoms with E-state index in [1.165, 1.54) is 18.4 Å². The Kier molecular flexibility index (Phi) is 6.60. The van der Waals surface area contributed by atoms with E-state index in [1.54, 1.807) is 0 Å². The first-order valence-corrected chi connectivity index (χ1v) is 9.48. The molecule has 7 heteroatoms. The third kappa shape index (κ3) is 5.29. The van der Waals surface area contributed by atoms with Gasteiger partial charge in [0.15, 0.2) is 0 Å². The molecule has 0 atom stereocenters. The van der Waals surface area contributed by atoms with Gasteiger partial charge in [0, 0.05) is 19.5 Å². The summed E-state index contributed by atoms with van der Waals surface area (Å²) in [5.74, 6) is 1.78. The molecule has 1 aliphatic rings. The lowest BCUT2D eigenvalue weighted by molar-refractivity contribution is 0.211. The fraction of sp³-hybridized carbons (Fsp3) is 0.526. The summed E-state index contributed by atoms with van der Waals surface area (Å²) in [6.45, 7) is 5.71. The first-order valence-electron chi connectivity index (χ1n) is 9.48. The van der Waals surface area contributed by atoms with E-state index in [2.05, 4.69) is 68.0 Å². The molecule has 1 aliphatic heterocycles. The number of nitrogens with one attached hydrogen (secondary N) is 3. The molecule has 1 aromatic heterocycles. The molecule has 2 amide bonds. The molecule has 1 fully saturated rings. The van der Waals surface area contributed by atoms with Crippen molar-refractivity contribution in [1.29, 1.82) is 0 Å². The molecule has 0 spiro atoms. The number of carbonyl (C=O) groups excluding carboxylic acids is 1. The molecule has 1 saturated heterocycles. The van der Waals surface area contributed by atoms with Crippen molar-refractivity contribution in [3.05, 3.63) is 41.7 Å². The number of nitrogens with zero attached hydrogens (tertiary/aromatic N) is 3. The highest BCUT2D eigenvalue weighted by molar-refractivity contribution is 5.87. The highest BCUT2D eigenvalue weighted by atomic mass is 16.2. The Morgan fingerprint density at radius 1 is 1.27 bits per heavy atom. The number of carbonyl (C=O) groups is 1. The lowest BCUT2D eigenvalue weighted by atomic mass is 9.89. The van der Waals surface area contributed by atoms with E-state index in [4.69, 9.17) is 0 Å². The summed E-state index contributed by atoms with van der Waals surface area (Å²) in [5, 5.41) is 12.4. The van der Waals surface area contributed by atoms with Gasteiger partial charge >= 0.3 is 6.03 Å². The third-order valence-electron chi connectivity index (χ3n) is 4.82. The maximum absolute atomic E-state index is 11.9. The molecule has 2 aromatic rings. The van der Waals surface area contributed by atoms with Crippen molar-refractivity contribution >= 4 is 12.0 Å². The summed E-state index contributed by atoms with van der Waals surface area (Å²) in [5.41, 5.74) is 1.44. The lowest BCUT2D eigenvalue weighted by Gasteiger charge is -2.32. The van der Waals surface area contributed by atoms with Gasteiger partial charge in [0.2, 0.25) is 5.95 Å². The summed E-state index contributed by atoms with van der Waals surface area (Å²) < 4.78 is 0. The number of aromatic nitrogens is 3. The summed E-state index contributed by atoms with van der Waals surface area (Å²) >= 11 is 0. The van der Waals surface area contributed by atoms with Crippen LogP contribution in [-0.4, -0.2) is 52.3 Å². The van der Waals surface area contributed by atoms with Gasteiger partial charge in [-0.15, -0.1) is 5.10 Å². The van der Waals surface area contributed by atoms with E-state index in [0.717, 1.165) is 38.3 Å². The third-order valence-corrected chi connectivity index (χ3v) is 4.82. The molecule has 7 nitrogen and oxygen atoms in total. The molecule has 3 rings (SSSR count). The van der Waals surface area contributed by atoms with Crippen LogP contribution in [0.25, 0.3) is 0 Å². The van der Waals surface area contributed by atoms with Crippen LogP contribution in [0.4, 0.5) is 10.7 Å². The van der Waals surface area contributed by atoms with Gasteiger partial charge in [0.1, 0.15) is 5.82 Å². The molecule has 0 unspecified atom stereocenters. The number of rotatable bonds is 7.